The molecule has 2 aromatic rings. The molecule has 0 spiro atoms. The van der Waals surface area contributed by atoms with Crippen LogP contribution in [-0.2, 0) is 11.8 Å². The molecule has 1 heterocycles. The third-order valence-corrected chi connectivity index (χ3v) is 3.68. The largest absolute Gasteiger partial charge is 0.382 e. The normalized spacial score (nSPS) is 10.9. The maximum Gasteiger partial charge on any atom is 0.222 e. The van der Waals surface area contributed by atoms with Gasteiger partial charge >= 0.3 is 0 Å². The van der Waals surface area contributed by atoms with Gasteiger partial charge in [0.05, 0.1) is 16.7 Å². The van der Waals surface area contributed by atoms with Crippen molar-refractivity contribution in [3.63, 3.8) is 0 Å². The number of rotatable bonds is 2. The quantitative estimate of drug-likeness (QED) is 0.834. The summed E-state index contributed by atoms with van der Waals surface area (Å²) in [5, 5.41) is 0.706. The SMILES string of the molecule is CCc1nc(N)nc(N)c1C#CC(C)(C)c1ccc(Cl)cc1. The monoisotopic (exact) mass is 314 g/mol. The average Bonchev–Trinajstić information content (AvgIpc) is 2.46. The predicted molar refractivity (Wildman–Crippen MR) is 91.6 cm³/mol. The highest BCUT2D eigenvalue weighted by Gasteiger charge is 2.18. The summed E-state index contributed by atoms with van der Waals surface area (Å²) >= 11 is 5.93. The van der Waals surface area contributed by atoms with E-state index in [1.165, 1.54) is 0 Å². The van der Waals surface area contributed by atoms with Crippen molar-refractivity contribution in [2.24, 2.45) is 0 Å². The fourth-order valence-electron chi connectivity index (χ4n) is 2.10. The lowest BCUT2D eigenvalue weighted by Gasteiger charge is -2.18. The molecule has 0 amide bonds. The number of nitrogen functional groups attached to an aromatic ring is 2. The Morgan fingerprint density at radius 2 is 1.77 bits per heavy atom. The molecule has 2 rings (SSSR count). The number of nitrogens with two attached hydrogens (primary N) is 2. The Balaban J connectivity index is 2.43. The van der Waals surface area contributed by atoms with Gasteiger partial charge in [-0.1, -0.05) is 42.5 Å². The summed E-state index contributed by atoms with van der Waals surface area (Å²) in [6.45, 7) is 6.07. The zero-order chi connectivity index (χ0) is 16.3. The van der Waals surface area contributed by atoms with E-state index >= 15 is 0 Å². The van der Waals surface area contributed by atoms with Crippen LogP contribution in [0.4, 0.5) is 11.8 Å². The number of nitrogens with zero attached hydrogens (tertiary/aromatic N) is 2. The van der Waals surface area contributed by atoms with Crippen molar-refractivity contribution in [2.45, 2.75) is 32.6 Å². The highest BCUT2D eigenvalue weighted by molar-refractivity contribution is 6.30. The number of hydrogen-bond donors (Lipinski definition) is 2. The minimum atomic E-state index is -0.344. The van der Waals surface area contributed by atoms with E-state index in [2.05, 4.69) is 21.8 Å². The zero-order valence-corrected chi connectivity index (χ0v) is 13.7. The lowest BCUT2D eigenvalue weighted by Crippen LogP contribution is -2.14. The van der Waals surface area contributed by atoms with Gasteiger partial charge in [-0.3, -0.25) is 0 Å². The number of anilines is 2. The van der Waals surface area contributed by atoms with Crippen LogP contribution in [0.15, 0.2) is 24.3 Å². The maximum atomic E-state index is 5.93. The highest BCUT2D eigenvalue weighted by atomic mass is 35.5. The lowest BCUT2D eigenvalue weighted by atomic mass is 9.85. The number of benzene rings is 1. The third-order valence-electron chi connectivity index (χ3n) is 3.43. The molecule has 5 heteroatoms. The molecule has 0 unspecified atom stereocenters. The van der Waals surface area contributed by atoms with Gasteiger partial charge in [-0.25, -0.2) is 4.98 Å². The second-order valence-corrected chi connectivity index (χ2v) is 5.96. The Morgan fingerprint density at radius 3 is 2.36 bits per heavy atom. The van der Waals surface area contributed by atoms with Gasteiger partial charge in [-0.15, -0.1) is 0 Å². The number of hydrogen-bond acceptors (Lipinski definition) is 4. The van der Waals surface area contributed by atoms with Gasteiger partial charge in [0, 0.05) is 5.02 Å². The lowest BCUT2D eigenvalue weighted by molar-refractivity contribution is 0.698. The number of aryl methyl sites for hydroxylation is 1. The summed E-state index contributed by atoms with van der Waals surface area (Å²) in [5.41, 5.74) is 13.7. The van der Waals surface area contributed by atoms with Gasteiger partial charge in [0.25, 0.3) is 0 Å². The molecule has 22 heavy (non-hydrogen) atoms. The second-order valence-electron chi connectivity index (χ2n) is 5.52. The molecular formula is C17H19ClN4. The smallest absolute Gasteiger partial charge is 0.222 e. The van der Waals surface area contributed by atoms with Crippen LogP contribution >= 0.6 is 11.6 Å². The van der Waals surface area contributed by atoms with Crippen LogP contribution in [0.2, 0.25) is 5.02 Å². The van der Waals surface area contributed by atoms with Gasteiger partial charge in [0.2, 0.25) is 5.95 Å². The van der Waals surface area contributed by atoms with Crippen LogP contribution in [0.3, 0.4) is 0 Å². The van der Waals surface area contributed by atoms with Crippen molar-refractivity contribution >= 4 is 23.4 Å². The second kappa shape index (κ2) is 6.25. The third kappa shape index (κ3) is 3.49. The van der Waals surface area contributed by atoms with Gasteiger partial charge < -0.3 is 11.5 Å². The molecule has 4 N–H and O–H groups in total. The van der Waals surface area contributed by atoms with Crippen LogP contribution < -0.4 is 11.5 Å². The zero-order valence-electron chi connectivity index (χ0n) is 12.9. The molecule has 0 aliphatic heterocycles. The van der Waals surface area contributed by atoms with E-state index in [0.717, 1.165) is 11.3 Å². The Bertz CT molecular complexity index is 740. The van der Waals surface area contributed by atoms with Gasteiger partial charge in [-0.2, -0.15) is 4.98 Å². The maximum absolute atomic E-state index is 5.93. The molecule has 0 bridgehead atoms. The first kappa shape index (κ1) is 16.1. The van der Waals surface area contributed by atoms with Crippen molar-refractivity contribution in [3.8, 4) is 11.8 Å². The first-order valence-corrected chi connectivity index (χ1v) is 7.42. The Labute approximate surface area is 135 Å². The molecular weight excluding hydrogens is 296 g/mol. The van der Waals surface area contributed by atoms with E-state index in [4.69, 9.17) is 23.1 Å². The van der Waals surface area contributed by atoms with E-state index in [0.29, 0.717) is 22.8 Å². The van der Waals surface area contributed by atoms with Crippen LogP contribution in [0.1, 0.15) is 37.6 Å². The standard InChI is InChI=1S/C17H19ClN4/c1-4-14-13(15(19)22-16(20)21-14)9-10-17(2,3)11-5-7-12(18)8-6-11/h5-8H,4H2,1-3H3,(H4,19,20,21,22). The molecule has 114 valence electrons. The molecule has 0 radical (unpaired) electrons. The summed E-state index contributed by atoms with van der Waals surface area (Å²) in [6.07, 6.45) is 0.697. The minimum absolute atomic E-state index is 0.178. The van der Waals surface area contributed by atoms with E-state index < -0.39 is 0 Å². The van der Waals surface area contributed by atoms with Crippen molar-refractivity contribution in [3.05, 3.63) is 46.1 Å². The summed E-state index contributed by atoms with van der Waals surface area (Å²) in [5.74, 6) is 6.88. The highest BCUT2D eigenvalue weighted by Crippen LogP contribution is 2.24. The Morgan fingerprint density at radius 1 is 1.14 bits per heavy atom. The molecule has 1 aromatic heterocycles. The van der Waals surface area contributed by atoms with Crippen molar-refractivity contribution < 1.29 is 0 Å². The van der Waals surface area contributed by atoms with Gasteiger partial charge in [0.1, 0.15) is 5.82 Å². The van der Waals surface area contributed by atoms with Crippen LogP contribution in [0.25, 0.3) is 0 Å². The number of halogens is 1. The average molecular weight is 315 g/mol. The van der Waals surface area contributed by atoms with Crippen LogP contribution in [-0.4, -0.2) is 9.97 Å². The molecule has 4 nitrogen and oxygen atoms in total. The topological polar surface area (TPSA) is 77.8 Å². The first-order valence-electron chi connectivity index (χ1n) is 7.04. The molecule has 0 aliphatic carbocycles. The minimum Gasteiger partial charge on any atom is -0.382 e. The van der Waals surface area contributed by atoms with E-state index in [-0.39, 0.29) is 11.4 Å². The first-order chi connectivity index (χ1) is 10.3. The Kier molecular flexibility index (Phi) is 4.58. The van der Waals surface area contributed by atoms with Crippen LogP contribution in [0, 0.1) is 11.8 Å². The molecule has 0 aliphatic rings. The van der Waals surface area contributed by atoms with E-state index in [1.54, 1.807) is 0 Å². The van der Waals surface area contributed by atoms with Crippen LogP contribution in [0.5, 0.6) is 0 Å². The molecule has 1 aromatic carbocycles. The van der Waals surface area contributed by atoms with E-state index in [9.17, 15) is 0 Å². The van der Waals surface area contributed by atoms with Crippen molar-refractivity contribution in [2.75, 3.05) is 11.5 Å². The predicted octanol–water partition coefficient (Wildman–Crippen LogP) is 3.19. The van der Waals surface area contributed by atoms with Crippen molar-refractivity contribution in [1.82, 2.24) is 9.97 Å². The number of aromatic nitrogens is 2. The molecule has 0 fully saturated rings. The summed E-state index contributed by atoms with van der Waals surface area (Å²) in [7, 11) is 0. The molecule has 0 saturated heterocycles. The summed E-state index contributed by atoms with van der Waals surface area (Å²) in [6, 6.07) is 7.66. The summed E-state index contributed by atoms with van der Waals surface area (Å²) < 4.78 is 0. The Hall–Kier alpha value is -2.25. The molecule has 0 atom stereocenters. The van der Waals surface area contributed by atoms with Gasteiger partial charge in [0.15, 0.2) is 0 Å². The summed E-state index contributed by atoms with van der Waals surface area (Å²) in [4.78, 5) is 8.20. The van der Waals surface area contributed by atoms with Crippen molar-refractivity contribution in [1.29, 1.82) is 0 Å². The fraction of sp³-hybridized carbons (Fsp3) is 0.294. The van der Waals surface area contributed by atoms with Gasteiger partial charge in [-0.05, 0) is 38.0 Å². The van der Waals surface area contributed by atoms with E-state index in [1.807, 2.05) is 45.0 Å². The molecule has 0 saturated carbocycles. The fourth-order valence-corrected chi connectivity index (χ4v) is 2.22.